The second kappa shape index (κ2) is 4.64. The molecular weight excluding hydrogens is 284 g/mol. The molecule has 2 heteroatoms. The smallest absolute Gasteiger partial charge is 0.171 e. The van der Waals surface area contributed by atoms with E-state index in [4.69, 9.17) is 0 Å². The van der Waals surface area contributed by atoms with E-state index in [-0.39, 0.29) is 23.4 Å². The predicted octanol–water partition coefficient (Wildman–Crippen LogP) is 4.40. The minimum absolute atomic E-state index is 0.0141. The highest BCUT2D eigenvalue weighted by Gasteiger charge is 2.71. The molecule has 0 heterocycles. The van der Waals surface area contributed by atoms with Gasteiger partial charge in [-0.05, 0) is 31.1 Å². The number of hydrogen-bond acceptors (Lipinski definition) is 2. The van der Waals surface area contributed by atoms with Gasteiger partial charge in [0.25, 0.3) is 0 Å². The van der Waals surface area contributed by atoms with Crippen LogP contribution in [0.2, 0.25) is 0 Å². The molecule has 3 aliphatic rings. The quantitative estimate of drug-likeness (QED) is 0.759. The molecule has 0 amide bonds. The van der Waals surface area contributed by atoms with Crippen LogP contribution in [0.25, 0.3) is 0 Å². The summed E-state index contributed by atoms with van der Waals surface area (Å²) in [5.74, 6) is 0.262. The maximum Gasteiger partial charge on any atom is 0.171 e. The van der Waals surface area contributed by atoms with Crippen LogP contribution in [0.5, 0.6) is 0 Å². The molecule has 0 radical (unpaired) electrons. The summed E-state index contributed by atoms with van der Waals surface area (Å²) < 4.78 is 0. The van der Waals surface area contributed by atoms with Gasteiger partial charge >= 0.3 is 0 Å². The average Bonchev–Trinajstić information content (AvgIpc) is 2.91. The summed E-state index contributed by atoms with van der Waals surface area (Å²) in [5, 5.41) is 0. The Hall–Kier alpha value is -2.22. The standard InChI is InChI=1S/C21H20O2/c1-3-14-13-15(4-2)21-12-8-7-11-20(14,21)18(22)16-9-5-6-10-17(16)19(21)23/h3-10,14-15H,1-2,11-13H2/t14?,15?,20-,21+. The van der Waals surface area contributed by atoms with Crippen molar-refractivity contribution in [3.63, 3.8) is 0 Å². The van der Waals surface area contributed by atoms with Crippen molar-refractivity contribution >= 4 is 11.6 Å². The Bertz CT molecular complexity index is 709. The fraction of sp³-hybridized carbons (Fsp3) is 0.333. The molecule has 1 aromatic carbocycles. The van der Waals surface area contributed by atoms with Crippen molar-refractivity contribution in [2.24, 2.45) is 22.7 Å². The zero-order valence-electron chi connectivity index (χ0n) is 13.1. The predicted molar refractivity (Wildman–Crippen MR) is 90.3 cm³/mol. The lowest BCUT2D eigenvalue weighted by atomic mass is 9.47. The Kier molecular flexibility index (Phi) is 2.90. The summed E-state index contributed by atoms with van der Waals surface area (Å²) in [7, 11) is 0. The first-order valence-electron chi connectivity index (χ1n) is 8.22. The number of hydrogen-bond donors (Lipinski definition) is 0. The Balaban J connectivity index is 2.10. The Labute approximate surface area is 136 Å². The van der Waals surface area contributed by atoms with E-state index in [1.54, 1.807) is 12.1 Å². The van der Waals surface area contributed by atoms with Gasteiger partial charge in [-0.25, -0.2) is 0 Å². The maximum atomic E-state index is 13.6. The van der Waals surface area contributed by atoms with E-state index >= 15 is 0 Å². The van der Waals surface area contributed by atoms with Crippen molar-refractivity contribution in [3.8, 4) is 0 Å². The van der Waals surface area contributed by atoms with Crippen molar-refractivity contribution in [1.29, 1.82) is 0 Å². The van der Waals surface area contributed by atoms with Gasteiger partial charge in [-0.15, -0.1) is 13.2 Å². The van der Waals surface area contributed by atoms with Gasteiger partial charge in [-0.2, -0.15) is 0 Å². The van der Waals surface area contributed by atoms with Crippen LogP contribution in [0.15, 0.2) is 61.7 Å². The van der Waals surface area contributed by atoms with Crippen LogP contribution >= 0.6 is 0 Å². The normalized spacial score (nSPS) is 37.7. The Morgan fingerprint density at radius 2 is 1.30 bits per heavy atom. The molecule has 1 saturated carbocycles. The number of ketones is 2. The van der Waals surface area contributed by atoms with Crippen LogP contribution in [-0.2, 0) is 0 Å². The van der Waals surface area contributed by atoms with Crippen LogP contribution in [-0.4, -0.2) is 11.6 Å². The lowest BCUT2D eigenvalue weighted by Crippen LogP contribution is -2.57. The number of carbonyl (C=O) groups is 2. The highest BCUT2D eigenvalue weighted by atomic mass is 16.1. The molecule has 0 aromatic heterocycles. The molecule has 0 saturated heterocycles. The highest BCUT2D eigenvalue weighted by molar-refractivity contribution is 6.20. The SMILES string of the molecule is C=CC1CC(C=C)[C@]23CC=CC[C@]12C(=O)c1ccccc1C3=O. The van der Waals surface area contributed by atoms with Crippen molar-refractivity contribution in [1.82, 2.24) is 0 Å². The molecule has 23 heavy (non-hydrogen) atoms. The largest absolute Gasteiger partial charge is 0.293 e. The molecule has 0 spiro atoms. The molecule has 1 fully saturated rings. The summed E-state index contributed by atoms with van der Waals surface area (Å²) in [4.78, 5) is 27.1. The molecule has 0 N–H and O–H groups in total. The van der Waals surface area contributed by atoms with Gasteiger partial charge in [0.1, 0.15) is 0 Å². The van der Waals surface area contributed by atoms with Gasteiger partial charge in [0.15, 0.2) is 11.6 Å². The average molecular weight is 304 g/mol. The minimum Gasteiger partial charge on any atom is -0.293 e. The summed E-state index contributed by atoms with van der Waals surface area (Å²) in [6.45, 7) is 7.96. The number of allylic oxidation sites excluding steroid dienone is 4. The molecule has 3 aliphatic carbocycles. The van der Waals surface area contributed by atoms with Crippen molar-refractivity contribution in [2.45, 2.75) is 19.3 Å². The fourth-order valence-electron chi connectivity index (χ4n) is 5.42. The minimum atomic E-state index is -0.687. The second-order valence-electron chi connectivity index (χ2n) is 6.95. The van der Waals surface area contributed by atoms with Crippen molar-refractivity contribution in [3.05, 3.63) is 72.9 Å². The van der Waals surface area contributed by atoms with Gasteiger partial charge in [0.05, 0.1) is 10.8 Å². The van der Waals surface area contributed by atoms with E-state index in [2.05, 4.69) is 25.3 Å². The van der Waals surface area contributed by atoms with Gasteiger partial charge in [0.2, 0.25) is 0 Å². The van der Waals surface area contributed by atoms with Gasteiger partial charge in [-0.3, -0.25) is 9.59 Å². The number of rotatable bonds is 2. The first-order valence-corrected chi connectivity index (χ1v) is 8.22. The molecule has 0 bridgehead atoms. The zero-order chi connectivity index (χ0) is 16.2. The van der Waals surface area contributed by atoms with Gasteiger partial charge < -0.3 is 0 Å². The van der Waals surface area contributed by atoms with Crippen molar-refractivity contribution < 1.29 is 9.59 Å². The van der Waals surface area contributed by atoms with Crippen LogP contribution in [0, 0.1) is 22.7 Å². The molecule has 4 rings (SSSR count). The zero-order valence-corrected chi connectivity index (χ0v) is 13.1. The summed E-state index contributed by atoms with van der Waals surface area (Å²) in [6.07, 6.45) is 9.92. The monoisotopic (exact) mass is 304 g/mol. The molecule has 4 atom stereocenters. The van der Waals surface area contributed by atoms with E-state index in [0.717, 1.165) is 6.42 Å². The van der Waals surface area contributed by atoms with Gasteiger partial charge in [-0.1, -0.05) is 48.6 Å². The van der Waals surface area contributed by atoms with Crippen molar-refractivity contribution in [2.75, 3.05) is 0 Å². The lowest BCUT2D eigenvalue weighted by molar-refractivity contribution is 0.0187. The number of benzene rings is 1. The van der Waals surface area contributed by atoms with E-state index in [1.165, 1.54) is 0 Å². The van der Waals surface area contributed by atoms with E-state index in [9.17, 15) is 9.59 Å². The second-order valence-corrected chi connectivity index (χ2v) is 6.95. The highest BCUT2D eigenvalue weighted by Crippen LogP contribution is 2.69. The van der Waals surface area contributed by atoms with Crippen LogP contribution < -0.4 is 0 Å². The van der Waals surface area contributed by atoms with Crippen LogP contribution in [0.3, 0.4) is 0 Å². The Morgan fingerprint density at radius 3 is 1.70 bits per heavy atom. The molecule has 2 unspecified atom stereocenters. The molecule has 1 aromatic rings. The lowest BCUT2D eigenvalue weighted by Gasteiger charge is -2.52. The summed E-state index contributed by atoms with van der Waals surface area (Å²) in [6, 6.07) is 7.28. The third kappa shape index (κ3) is 1.40. The van der Waals surface area contributed by atoms with E-state index in [0.29, 0.717) is 24.0 Å². The molecule has 0 aliphatic heterocycles. The molecule has 2 nitrogen and oxygen atoms in total. The first kappa shape index (κ1) is 14.4. The third-order valence-electron chi connectivity index (χ3n) is 6.41. The topological polar surface area (TPSA) is 34.1 Å². The first-order chi connectivity index (χ1) is 11.1. The van der Waals surface area contributed by atoms with Gasteiger partial charge in [0, 0.05) is 11.1 Å². The van der Waals surface area contributed by atoms with E-state index < -0.39 is 10.8 Å². The van der Waals surface area contributed by atoms with E-state index in [1.807, 2.05) is 24.3 Å². The maximum absolute atomic E-state index is 13.6. The Morgan fingerprint density at radius 1 is 0.870 bits per heavy atom. The summed E-state index contributed by atoms with van der Waals surface area (Å²) in [5.41, 5.74) is -0.207. The summed E-state index contributed by atoms with van der Waals surface area (Å²) >= 11 is 0. The van der Waals surface area contributed by atoms with Crippen LogP contribution in [0.4, 0.5) is 0 Å². The number of carbonyl (C=O) groups excluding carboxylic acids is 2. The number of fused-ring (bicyclic) bond motifs is 1. The number of Topliss-reactive ketones (excluding diaryl/α,β-unsaturated/α-hetero) is 2. The molecule has 116 valence electrons. The fourth-order valence-corrected chi connectivity index (χ4v) is 5.42. The molecular formula is C21H20O2. The van der Waals surface area contributed by atoms with Crippen LogP contribution in [0.1, 0.15) is 40.0 Å². The third-order valence-corrected chi connectivity index (χ3v) is 6.41.